The molecule has 1 saturated heterocycles. The number of carbonyl (C=O) groups is 1. The lowest BCUT2D eigenvalue weighted by Crippen LogP contribution is -2.39. The third kappa shape index (κ3) is 5.15. The highest BCUT2D eigenvalue weighted by molar-refractivity contribution is 6.15. The minimum absolute atomic E-state index is 0.0600. The number of carbonyl (C=O) groups excluding carboxylic acids is 1. The van der Waals surface area contributed by atoms with Gasteiger partial charge in [-0.2, -0.15) is 0 Å². The smallest absolute Gasteiger partial charge is 0.231 e. The fourth-order valence-electron chi connectivity index (χ4n) is 5.01. The SMILES string of the molecule is Cc1c2c(cc3c1O/C(=C\c1ccc(C(C)(C)C)cc1)C3=O)CN(CCCN1CCOCC1)CO2. The van der Waals surface area contributed by atoms with Gasteiger partial charge in [0.1, 0.15) is 18.2 Å². The summed E-state index contributed by atoms with van der Waals surface area (Å²) in [6.45, 7) is 15.7. The van der Waals surface area contributed by atoms with E-state index in [2.05, 4.69) is 42.7 Å². The largest absolute Gasteiger partial charge is 0.477 e. The van der Waals surface area contributed by atoms with Crippen molar-refractivity contribution in [1.29, 1.82) is 0 Å². The molecule has 6 heteroatoms. The van der Waals surface area contributed by atoms with Crippen LogP contribution in [0.1, 0.15) is 59.8 Å². The van der Waals surface area contributed by atoms with E-state index in [1.807, 2.05) is 31.2 Å². The Balaban J connectivity index is 1.28. The van der Waals surface area contributed by atoms with Crippen molar-refractivity contribution < 1.29 is 19.0 Å². The normalized spacial score (nSPS) is 19.9. The molecule has 0 aromatic heterocycles. The Morgan fingerprint density at radius 2 is 1.71 bits per heavy atom. The second kappa shape index (κ2) is 9.76. The van der Waals surface area contributed by atoms with Gasteiger partial charge in [0.25, 0.3) is 0 Å². The molecular formula is C29H36N2O4. The van der Waals surface area contributed by atoms with Gasteiger partial charge in [0, 0.05) is 37.3 Å². The molecule has 3 aliphatic rings. The predicted molar refractivity (Wildman–Crippen MR) is 137 cm³/mol. The van der Waals surface area contributed by atoms with Crippen molar-refractivity contribution in [2.45, 2.75) is 46.1 Å². The van der Waals surface area contributed by atoms with Crippen LogP contribution in [0.15, 0.2) is 36.1 Å². The fourth-order valence-corrected chi connectivity index (χ4v) is 5.01. The number of nitrogens with zero attached hydrogens (tertiary/aromatic N) is 2. The van der Waals surface area contributed by atoms with E-state index in [9.17, 15) is 4.79 Å². The number of Topliss-reactive ketones (excluding diaryl/α,β-unsaturated/α-hetero) is 1. The molecule has 0 amide bonds. The van der Waals surface area contributed by atoms with Crippen LogP contribution < -0.4 is 9.47 Å². The highest BCUT2D eigenvalue weighted by Crippen LogP contribution is 2.43. The molecule has 2 aromatic carbocycles. The molecule has 186 valence electrons. The zero-order chi connectivity index (χ0) is 24.6. The van der Waals surface area contributed by atoms with E-state index in [1.165, 1.54) is 5.56 Å². The summed E-state index contributed by atoms with van der Waals surface area (Å²) in [5, 5.41) is 0. The monoisotopic (exact) mass is 476 g/mol. The lowest BCUT2D eigenvalue weighted by molar-refractivity contribution is 0.0329. The van der Waals surface area contributed by atoms with Crippen LogP contribution in [0.25, 0.3) is 6.08 Å². The molecule has 0 spiro atoms. The van der Waals surface area contributed by atoms with E-state index < -0.39 is 0 Å². The van der Waals surface area contributed by atoms with Crippen molar-refractivity contribution in [3.63, 3.8) is 0 Å². The van der Waals surface area contributed by atoms with Gasteiger partial charge in [0.2, 0.25) is 5.78 Å². The van der Waals surface area contributed by atoms with E-state index in [-0.39, 0.29) is 11.2 Å². The minimum Gasteiger partial charge on any atom is -0.477 e. The number of ether oxygens (including phenoxy) is 3. The van der Waals surface area contributed by atoms with Gasteiger partial charge < -0.3 is 14.2 Å². The summed E-state index contributed by atoms with van der Waals surface area (Å²) >= 11 is 0. The van der Waals surface area contributed by atoms with Crippen LogP contribution in [-0.4, -0.2) is 61.7 Å². The van der Waals surface area contributed by atoms with Crippen molar-refractivity contribution in [3.8, 4) is 11.5 Å². The summed E-state index contributed by atoms with van der Waals surface area (Å²) < 4.78 is 17.7. The van der Waals surface area contributed by atoms with Crippen LogP contribution in [0.3, 0.4) is 0 Å². The second-order valence-electron chi connectivity index (χ2n) is 10.8. The molecule has 35 heavy (non-hydrogen) atoms. The first-order chi connectivity index (χ1) is 16.8. The van der Waals surface area contributed by atoms with Crippen molar-refractivity contribution in [2.75, 3.05) is 46.1 Å². The van der Waals surface area contributed by atoms with E-state index >= 15 is 0 Å². The van der Waals surface area contributed by atoms with E-state index in [0.29, 0.717) is 23.8 Å². The molecule has 2 aromatic rings. The van der Waals surface area contributed by atoms with Crippen LogP contribution in [0.4, 0.5) is 0 Å². The molecule has 3 aliphatic heterocycles. The number of rotatable bonds is 5. The summed E-state index contributed by atoms with van der Waals surface area (Å²) in [4.78, 5) is 18.0. The van der Waals surface area contributed by atoms with Crippen molar-refractivity contribution in [1.82, 2.24) is 9.80 Å². The molecule has 3 heterocycles. The summed E-state index contributed by atoms with van der Waals surface area (Å²) in [6.07, 6.45) is 2.93. The second-order valence-corrected chi connectivity index (χ2v) is 10.8. The van der Waals surface area contributed by atoms with Crippen molar-refractivity contribution >= 4 is 11.9 Å². The zero-order valence-corrected chi connectivity index (χ0v) is 21.4. The average Bonchev–Trinajstić information content (AvgIpc) is 3.15. The third-order valence-corrected chi connectivity index (χ3v) is 7.13. The first-order valence-corrected chi connectivity index (χ1v) is 12.7. The van der Waals surface area contributed by atoms with Crippen LogP contribution >= 0.6 is 0 Å². The van der Waals surface area contributed by atoms with Gasteiger partial charge in [-0.25, -0.2) is 0 Å². The van der Waals surface area contributed by atoms with Gasteiger partial charge in [-0.15, -0.1) is 0 Å². The van der Waals surface area contributed by atoms with E-state index in [0.717, 1.165) is 74.8 Å². The third-order valence-electron chi connectivity index (χ3n) is 7.13. The quantitative estimate of drug-likeness (QED) is 0.579. The average molecular weight is 477 g/mol. The summed E-state index contributed by atoms with van der Waals surface area (Å²) in [6, 6.07) is 10.3. The molecule has 1 fully saturated rings. The molecule has 0 bridgehead atoms. The first-order valence-electron chi connectivity index (χ1n) is 12.7. The lowest BCUT2D eigenvalue weighted by Gasteiger charge is -2.31. The number of morpholine rings is 1. The zero-order valence-electron chi connectivity index (χ0n) is 21.4. The standard InChI is InChI=1S/C29H36N2O4/c1-20-27-22(18-31(19-34-27)11-5-10-30-12-14-33-15-13-30)17-24-26(32)25(35-28(20)24)16-21-6-8-23(9-7-21)29(2,3)4/h6-9,16-17H,5,10-15,18-19H2,1-4H3/b25-16-. The van der Waals surface area contributed by atoms with Crippen molar-refractivity contribution in [3.05, 3.63) is 63.9 Å². The summed E-state index contributed by atoms with van der Waals surface area (Å²) in [5.41, 5.74) is 4.92. The Kier molecular flexibility index (Phi) is 6.71. The van der Waals surface area contributed by atoms with E-state index in [4.69, 9.17) is 14.2 Å². The number of ketones is 1. The molecule has 0 saturated carbocycles. The molecular weight excluding hydrogens is 440 g/mol. The molecule has 6 nitrogen and oxygen atoms in total. The lowest BCUT2D eigenvalue weighted by atomic mass is 9.86. The highest BCUT2D eigenvalue weighted by atomic mass is 16.5. The van der Waals surface area contributed by atoms with E-state index in [1.54, 1.807) is 0 Å². The first kappa shape index (κ1) is 24.0. The fraction of sp³-hybridized carbons (Fsp3) is 0.483. The summed E-state index contributed by atoms with van der Waals surface area (Å²) in [7, 11) is 0. The van der Waals surface area contributed by atoms with Gasteiger partial charge in [-0.05, 0) is 48.6 Å². The Morgan fingerprint density at radius 3 is 2.43 bits per heavy atom. The Hall–Kier alpha value is -2.67. The maximum Gasteiger partial charge on any atom is 0.231 e. The Labute approximate surface area is 208 Å². The molecule has 0 N–H and O–H groups in total. The summed E-state index contributed by atoms with van der Waals surface area (Å²) in [5.74, 6) is 1.80. The van der Waals surface area contributed by atoms with Crippen LogP contribution in [0, 0.1) is 6.92 Å². The molecule has 0 atom stereocenters. The molecule has 0 radical (unpaired) electrons. The highest BCUT2D eigenvalue weighted by Gasteiger charge is 2.33. The number of hydrogen-bond acceptors (Lipinski definition) is 6. The predicted octanol–water partition coefficient (Wildman–Crippen LogP) is 4.78. The van der Waals surface area contributed by atoms with Gasteiger partial charge in [0.15, 0.2) is 5.76 Å². The maximum atomic E-state index is 13.2. The number of benzene rings is 2. The van der Waals surface area contributed by atoms with Crippen LogP contribution in [0.2, 0.25) is 0 Å². The van der Waals surface area contributed by atoms with Gasteiger partial charge in [-0.3, -0.25) is 14.6 Å². The van der Waals surface area contributed by atoms with Gasteiger partial charge in [-0.1, -0.05) is 45.0 Å². The topological polar surface area (TPSA) is 51.2 Å². The van der Waals surface area contributed by atoms with Crippen molar-refractivity contribution in [2.24, 2.45) is 0 Å². The molecule has 5 rings (SSSR count). The minimum atomic E-state index is -0.0600. The Bertz CT molecular complexity index is 1120. The molecule has 0 unspecified atom stereocenters. The van der Waals surface area contributed by atoms with Crippen LogP contribution in [-0.2, 0) is 16.7 Å². The number of fused-ring (bicyclic) bond motifs is 2. The maximum absolute atomic E-state index is 13.2. The molecule has 0 aliphatic carbocycles. The number of hydrogen-bond donors (Lipinski definition) is 0. The van der Waals surface area contributed by atoms with Gasteiger partial charge in [0.05, 0.1) is 18.8 Å². The van der Waals surface area contributed by atoms with Crippen LogP contribution in [0.5, 0.6) is 11.5 Å². The van der Waals surface area contributed by atoms with Gasteiger partial charge >= 0.3 is 0 Å². The Morgan fingerprint density at radius 1 is 1.00 bits per heavy atom. The number of allylic oxidation sites excluding steroid dienone is 1.